The van der Waals surface area contributed by atoms with Crippen molar-refractivity contribution in [2.45, 2.75) is 20.8 Å². The molecule has 0 saturated heterocycles. The Bertz CT molecular complexity index is 702. The summed E-state index contributed by atoms with van der Waals surface area (Å²) >= 11 is 0. The Labute approximate surface area is 144 Å². The highest BCUT2D eigenvalue weighted by atomic mass is 16.5. The molecule has 0 aliphatic rings. The number of pyridine rings is 1. The number of nitrogens with one attached hydrogen (secondary N) is 1. The van der Waals surface area contributed by atoms with Gasteiger partial charge in [0.2, 0.25) is 0 Å². The lowest BCUT2D eigenvalue weighted by Gasteiger charge is -2.20. The minimum absolute atomic E-state index is 0.326. The van der Waals surface area contributed by atoms with E-state index in [1.165, 1.54) is 0 Å². The number of nitrogens with zero attached hydrogens (tertiary/aromatic N) is 2. The molecule has 0 bridgehead atoms. The number of hydrogen-bond donors (Lipinski definition) is 1. The van der Waals surface area contributed by atoms with E-state index in [-0.39, 0.29) is 5.97 Å². The van der Waals surface area contributed by atoms with Crippen LogP contribution < -0.4 is 10.8 Å². The van der Waals surface area contributed by atoms with Crippen LogP contribution in [0.5, 0.6) is 0 Å². The Morgan fingerprint density at radius 1 is 1.29 bits per heavy atom. The van der Waals surface area contributed by atoms with Crippen LogP contribution in [0.4, 0.5) is 5.69 Å². The second-order valence-electron chi connectivity index (χ2n) is 5.50. The molecule has 5 nitrogen and oxygen atoms in total. The number of esters is 1. The van der Waals surface area contributed by atoms with Crippen LogP contribution in [0, 0.1) is 0 Å². The number of aromatic nitrogens is 1. The summed E-state index contributed by atoms with van der Waals surface area (Å²) in [6.07, 6.45) is 1.57. The predicted octanol–water partition coefficient (Wildman–Crippen LogP) is 1.96. The number of ether oxygens (including phenoxy) is 1. The maximum Gasteiger partial charge on any atom is 0.341 e. The molecular weight excluding hydrogens is 301 g/mol. The third-order valence-electron chi connectivity index (χ3n) is 4.01. The quantitative estimate of drug-likeness (QED) is 0.594. The standard InChI is InChI=1S/C18H24BN3O2/c1-4-22(5-2)10-9-20-17-14-11-13(19)7-8-16(14)21-12-15(17)18(23)24-6-3/h7-8,11-12H,4-6,9-10H2,1-3H3,(H,20,21). The number of benzene rings is 1. The maximum atomic E-state index is 12.3. The summed E-state index contributed by atoms with van der Waals surface area (Å²) in [6.45, 7) is 9.99. The van der Waals surface area contributed by atoms with Gasteiger partial charge in [-0.05, 0) is 26.1 Å². The van der Waals surface area contributed by atoms with Gasteiger partial charge in [-0.25, -0.2) is 4.79 Å². The monoisotopic (exact) mass is 325 g/mol. The van der Waals surface area contributed by atoms with Crippen molar-refractivity contribution in [3.8, 4) is 0 Å². The molecule has 0 spiro atoms. The Morgan fingerprint density at radius 2 is 2.04 bits per heavy atom. The molecule has 0 atom stereocenters. The molecule has 1 N–H and O–H groups in total. The van der Waals surface area contributed by atoms with Gasteiger partial charge in [0.25, 0.3) is 0 Å². The van der Waals surface area contributed by atoms with E-state index >= 15 is 0 Å². The van der Waals surface area contributed by atoms with E-state index in [1.807, 2.05) is 12.1 Å². The molecule has 0 unspecified atom stereocenters. The fourth-order valence-corrected chi connectivity index (χ4v) is 2.64. The maximum absolute atomic E-state index is 12.3. The van der Waals surface area contributed by atoms with Gasteiger partial charge in [-0.1, -0.05) is 31.4 Å². The topological polar surface area (TPSA) is 54.5 Å². The summed E-state index contributed by atoms with van der Waals surface area (Å²) in [5.74, 6) is -0.375. The van der Waals surface area contributed by atoms with Gasteiger partial charge < -0.3 is 15.0 Å². The largest absolute Gasteiger partial charge is 0.462 e. The first-order valence-corrected chi connectivity index (χ1v) is 8.42. The smallest absolute Gasteiger partial charge is 0.341 e. The van der Waals surface area contributed by atoms with Crippen molar-refractivity contribution in [1.82, 2.24) is 9.88 Å². The van der Waals surface area contributed by atoms with Gasteiger partial charge in [0.15, 0.2) is 0 Å². The van der Waals surface area contributed by atoms with Gasteiger partial charge in [-0.3, -0.25) is 4.98 Å². The van der Waals surface area contributed by atoms with Crippen LogP contribution in [0.25, 0.3) is 10.9 Å². The van der Waals surface area contributed by atoms with Crippen molar-refractivity contribution in [2.75, 3.05) is 38.1 Å². The lowest BCUT2D eigenvalue weighted by molar-refractivity contribution is 0.0527. The van der Waals surface area contributed by atoms with Crippen LogP contribution in [0.15, 0.2) is 24.4 Å². The van der Waals surface area contributed by atoms with Crippen LogP contribution in [0.3, 0.4) is 0 Å². The average Bonchev–Trinajstić information content (AvgIpc) is 2.58. The Balaban J connectivity index is 2.36. The van der Waals surface area contributed by atoms with Crippen molar-refractivity contribution < 1.29 is 9.53 Å². The molecule has 6 heteroatoms. The molecule has 126 valence electrons. The predicted molar refractivity (Wildman–Crippen MR) is 99.4 cm³/mol. The number of carbonyl (C=O) groups is 1. The Kier molecular flexibility index (Phi) is 6.61. The fraction of sp³-hybridized carbons (Fsp3) is 0.444. The normalized spacial score (nSPS) is 11.0. The average molecular weight is 325 g/mol. The lowest BCUT2D eigenvalue weighted by atomic mass is 9.93. The zero-order valence-electron chi connectivity index (χ0n) is 14.6. The lowest BCUT2D eigenvalue weighted by Crippen LogP contribution is -2.29. The fourth-order valence-electron chi connectivity index (χ4n) is 2.64. The Morgan fingerprint density at radius 3 is 2.71 bits per heavy atom. The molecule has 24 heavy (non-hydrogen) atoms. The molecule has 1 aromatic heterocycles. The first-order valence-electron chi connectivity index (χ1n) is 8.42. The Hall–Kier alpha value is -2.08. The number of rotatable bonds is 8. The van der Waals surface area contributed by atoms with E-state index in [9.17, 15) is 4.79 Å². The summed E-state index contributed by atoms with van der Waals surface area (Å²) in [4.78, 5) is 18.9. The number of anilines is 1. The van der Waals surface area contributed by atoms with Crippen molar-refractivity contribution in [3.05, 3.63) is 30.0 Å². The summed E-state index contributed by atoms with van der Waals surface area (Å²) in [7, 11) is 5.92. The second kappa shape index (κ2) is 8.69. The molecule has 1 aromatic carbocycles. The molecule has 0 aliphatic carbocycles. The van der Waals surface area contributed by atoms with Crippen LogP contribution in [0.2, 0.25) is 0 Å². The van der Waals surface area contributed by atoms with Gasteiger partial charge >= 0.3 is 5.97 Å². The highest BCUT2D eigenvalue weighted by molar-refractivity contribution is 6.33. The van der Waals surface area contributed by atoms with E-state index in [0.29, 0.717) is 17.6 Å². The van der Waals surface area contributed by atoms with E-state index in [1.54, 1.807) is 19.2 Å². The second-order valence-corrected chi connectivity index (χ2v) is 5.50. The number of fused-ring (bicyclic) bond motifs is 1. The summed E-state index contributed by atoms with van der Waals surface area (Å²) in [5.41, 5.74) is 2.60. The van der Waals surface area contributed by atoms with E-state index < -0.39 is 0 Å². The molecule has 0 fully saturated rings. The third kappa shape index (κ3) is 4.26. The summed E-state index contributed by atoms with van der Waals surface area (Å²) in [6, 6.07) is 5.50. The minimum Gasteiger partial charge on any atom is -0.462 e. The van der Waals surface area contributed by atoms with E-state index in [0.717, 1.165) is 42.8 Å². The first kappa shape index (κ1) is 18.3. The van der Waals surface area contributed by atoms with Crippen LogP contribution in [0.1, 0.15) is 31.1 Å². The molecule has 0 aliphatic heterocycles. The molecule has 2 aromatic rings. The molecule has 2 rings (SSSR count). The highest BCUT2D eigenvalue weighted by Crippen LogP contribution is 2.25. The molecule has 2 radical (unpaired) electrons. The van der Waals surface area contributed by atoms with Gasteiger partial charge in [-0.15, -0.1) is 0 Å². The number of likely N-dealkylation sites (N-methyl/N-ethyl adjacent to an activating group) is 1. The summed E-state index contributed by atoms with van der Waals surface area (Å²) < 4.78 is 5.16. The molecular formula is C18H24BN3O2. The molecule has 0 saturated carbocycles. The van der Waals surface area contributed by atoms with Crippen LogP contribution in [-0.4, -0.2) is 56.5 Å². The number of carbonyl (C=O) groups excluding carboxylic acids is 1. The van der Waals surface area contributed by atoms with E-state index in [2.05, 4.69) is 29.0 Å². The summed E-state index contributed by atoms with van der Waals surface area (Å²) in [5, 5.41) is 4.22. The van der Waals surface area contributed by atoms with Crippen molar-refractivity contribution in [2.24, 2.45) is 0 Å². The molecule has 0 amide bonds. The first-order chi connectivity index (χ1) is 11.6. The van der Waals surface area contributed by atoms with Crippen molar-refractivity contribution in [1.29, 1.82) is 0 Å². The van der Waals surface area contributed by atoms with E-state index in [4.69, 9.17) is 12.6 Å². The van der Waals surface area contributed by atoms with Crippen molar-refractivity contribution in [3.63, 3.8) is 0 Å². The SMILES string of the molecule is [B]c1ccc2ncc(C(=O)OCC)c(NCCN(CC)CC)c2c1. The minimum atomic E-state index is -0.375. The van der Waals surface area contributed by atoms with Gasteiger partial charge in [0.05, 0.1) is 17.8 Å². The van der Waals surface area contributed by atoms with Crippen molar-refractivity contribution >= 4 is 35.9 Å². The highest BCUT2D eigenvalue weighted by Gasteiger charge is 2.16. The third-order valence-corrected chi connectivity index (χ3v) is 4.01. The number of hydrogen-bond acceptors (Lipinski definition) is 5. The van der Waals surface area contributed by atoms with Gasteiger partial charge in [0.1, 0.15) is 13.4 Å². The van der Waals surface area contributed by atoms with Crippen LogP contribution in [-0.2, 0) is 4.74 Å². The van der Waals surface area contributed by atoms with Gasteiger partial charge in [-0.2, -0.15) is 0 Å². The van der Waals surface area contributed by atoms with Gasteiger partial charge in [0, 0.05) is 24.7 Å². The zero-order chi connectivity index (χ0) is 17.5. The van der Waals surface area contributed by atoms with Crippen LogP contribution >= 0.6 is 0 Å². The molecule has 1 heterocycles. The zero-order valence-corrected chi connectivity index (χ0v) is 14.6.